The van der Waals surface area contributed by atoms with Gasteiger partial charge in [0.15, 0.2) is 11.6 Å². The number of halogens is 2. The molecular weight excluding hydrogens is 414 g/mol. The summed E-state index contributed by atoms with van der Waals surface area (Å²) in [6.45, 7) is 3.30. The van der Waals surface area contributed by atoms with Crippen molar-refractivity contribution in [2.24, 2.45) is 0 Å². The molecule has 0 aliphatic carbocycles. The van der Waals surface area contributed by atoms with Crippen LogP contribution in [-0.2, 0) is 4.79 Å². The predicted molar refractivity (Wildman–Crippen MR) is 119 cm³/mol. The van der Waals surface area contributed by atoms with E-state index in [1.807, 2.05) is 23.6 Å². The smallest absolute Gasteiger partial charge is 0.258 e. The first-order chi connectivity index (χ1) is 15.2. The highest BCUT2D eigenvalue weighted by Gasteiger charge is 2.18. The molecule has 1 aromatic heterocycles. The molecular formula is C24H20F2N4O2. The van der Waals surface area contributed by atoms with Gasteiger partial charge in [-0.2, -0.15) is 0 Å². The van der Waals surface area contributed by atoms with Gasteiger partial charge < -0.3 is 10.2 Å². The average molecular weight is 434 g/mol. The molecule has 32 heavy (non-hydrogen) atoms. The summed E-state index contributed by atoms with van der Waals surface area (Å²) in [5.41, 5.74) is 4.37. The highest BCUT2D eigenvalue weighted by molar-refractivity contribution is 6.07. The average Bonchev–Trinajstić information content (AvgIpc) is 3.19. The first-order valence-electron chi connectivity index (χ1n) is 9.83. The molecule has 0 fully saturated rings. The molecule has 1 heterocycles. The van der Waals surface area contributed by atoms with Crippen LogP contribution in [-0.4, -0.2) is 28.4 Å². The molecule has 0 spiro atoms. The third kappa shape index (κ3) is 3.94. The summed E-state index contributed by atoms with van der Waals surface area (Å²) in [5, 5.41) is 2.72. The number of amides is 2. The third-order valence-electron chi connectivity index (χ3n) is 5.15. The Morgan fingerprint density at radius 1 is 1.00 bits per heavy atom. The Kier molecular flexibility index (Phi) is 5.44. The van der Waals surface area contributed by atoms with Gasteiger partial charge in [-0.15, -0.1) is 0 Å². The van der Waals surface area contributed by atoms with Crippen molar-refractivity contribution in [1.82, 2.24) is 9.55 Å². The zero-order chi connectivity index (χ0) is 23.0. The molecule has 4 rings (SSSR count). The van der Waals surface area contributed by atoms with E-state index < -0.39 is 11.6 Å². The van der Waals surface area contributed by atoms with Crippen LogP contribution in [0.1, 0.15) is 22.8 Å². The predicted octanol–water partition coefficient (Wildman–Crippen LogP) is 4.85. The Balaban J connectivity index is 1.72. The van der Waals surface area contributed by atoms with E-state index in [4.69, 9.17) is 0 Å². The van der Waals surface area contributed by atoms with E-state index in [0.29, 0.717) is 11.3 Å². The van der Waals surface area contributed by atoms with Crippen molar-refractivity contribution in [3.8, 4) is 5.69 Å². The van der Waals surface area contributed by atoms with Gasteiger partial charge in [-0.05, 0) is 61.0 Å². The minimum absolute atomic E-state index is 0.158. The Hall–Kier alpha value is -4.07. The lowest BCUT2D eigenvalue weighted by atomic mass is 10.1. The third-order valence-corrected chi connectivity index (χ3v) is 5.15. The van der Waals surface area contributed by atoms with Crippen LogP contribution in [0.4, 0.5) is 20.2 Å². The maximum Gasteiger partial charge on any atom is 0.258 e. The van der Waals surface area contributed by atoms with Crippen LogP contribution in [0.3, 0.4) is 0 Å². The van der Waals surface area contributed by atoms with Crippen molar-refractivity contribution in [2.45, 2.75) is 13.8 Å². The van der Waals surface area contributed by atoms with Crippen molar-refractivity contribution in [3.05, 3.63) is 83.7 Å². The fourth-order valence-corrected chi connectivity index (χ4v) is 3.53. The summed E-state index contributed by atoms with van der Waals surface area (Å²) in [7, 11) is 1.51. The van der Waals surface area contributed by atoms with E-state index in [2.05, 4.69) is 10.3 Å². The molecule has 0 aliphatic heterocycles. The standard InChI is InChI=1S/C24H20F2N4O2/c1-14-10-16(24(32)29(3)19-8-9-20(25)21(26)12-19)11-22-23(14)27-13-30(22)18-6-4-17(5-7-18)28-15(2)31/h4-13H,1-3H3,(H,28,31). The number of aryl methyl sites for hydroxylation is 1. The molecule has 0 bridgehead atoms. The second kappa shape index (κ2) is 8.22. The number of benzene rings is 3. The second-order valence-corrected chi connectivity index (χ2v) is 7.47. The van der Waals surface area contributed by atoms with Crippen molar-refractivity contribution in [3.63, 3.8) is 0 Å². The quantitative estimate of drug-likeness (QED) is 0.500. The first-order valence-corrected chi connectivity index (χ1v) is 9.83. The Morgan fingerprint density at radius 3 is 2.38 bits per heavy atom. The number of aromatic nitrogens is 2. The molecule has 0 unspecified atom stereocenters. The van der Waals surface area contributed by atoms with Gasteiger partial charge in [-0.25, -0.2) is 13.8 Å². The molecule has 6 nitrogen and oxygen atoms in total. The van der Waals surface area contributed by atoms with Crippen LogP contribution in [0.15, 0.2) is 60.9 Å². The summed E-state index contributed by atoms with van der Waals surface area (Å²) in [5.74, 6) is -2.51. The molecule has 0 aliphatic rings. The highest BCUT2D eigenvalue weighted by atomic mass is 19.2. The monoisotopic (exact) mass is 434 g/mol. The summed E-state index contributed by atoms with van der Waals surface area (Å²) < 4.78 is 28.7. The zero-order valence-corrected chi connectivity index (χ0v) is 17.7. The number of carbonyl (C=O) groups is 2. The lowest BCUT2D eigenvalue weighted by molar-refractivity contribution is -0.114. The number of fused-ring (bicyclic) bond motifs is 1. The summed E-state index contributed by atoms with van der Waals surface area (Å²) in [4.78, 5) is 30.1. The number of nitrogens with zero attached hydrogens (tertiary/aromatic N) is 3. The number of anilines is 2. The molecule has 1 N–H and O–H groups in total. The van der Waals surface area contributed by atoms with Gasteiger partial charge in [0.05, 0.1) is 11.0 Å². The van der Waals surface area contributed by atoms with E-state index in [1.165, 1.54) is 24.9 Å². The van der Waals surface area contributed by atoms with Crippen LogP contribution in [0, 0.1) is 18.6 Å². The van der Waals surface area contributed by atoms with Crippen molar-refractivity contribution in [2.75, 3.05) is 17.3 Å². The molecule has 162 valence electrons. The van der Waals surface area contributed by atoms with Gasteiger partial charge in [-0.1, -0.05) is 0 Å². The number of carbonyl (C=O) groups excluding carboxylic acids is 2. The first kappa shape index (κ1) is 21.2. The van der Waals surface area contributed by atoms with Gasteiger partial charge >= 0.3 is 0 Å². The van der Waals surface area contributed by atoms with E-state index in [1.54, 1.807) is 30.6 Å². The van der Waals surface area contributed by atoms with E-state index in [9.17, 15) is 18.4 Å². The van der Waals surface area contributed by atoms with Gasteiger partial charge in [0, 0.05) is 42.7 Å². The molecule has 4 aromatic rings. The van der Waals surface area contributed by atoms with Crippen molar-refractivity contribution >= 4 is 34.2 Å². The molecule has 0 radical (unpaired) electrons. The second-order valence-electron chi connectivity index (χ2n) is 7.47. The van der Waals surface area contributed by atoms with Crippen LogP contribution in [0.2, 0.25) is 0 Å². The Morgan fingerprint density at radius 2 is 1.72 bits per heavy atom. The van der Waals surface area contributed by atoms with Gasteiger partial charge in [-0.3, -0.25) is 14.2 Å². The molecule has 2 amide bonds. The number of hydrogen-bond acceptors (Lipinski definition) is 3. The Bertz CT molecular complexity index is 1350. The van der Waals surface area contributed by atoms with Gasteiger partial charge in [0.2, 0.25) is 5.91 Å². The summed E-state index contributed by atoms with van der Waals surface area (Å²) >= 11 is 0. The molecule has 3 aromatic carbocycles. The summed E-state index contributed by atoms with van der Waals surface area (Å²) in [6.07, 6.45) is 1.67. The normalized spacial score (nSPS) is 10.9. The lowest BCUT2D eigenvalue weighted by Crippen LogP contribution is -2.26. The minimum Gasteiger partial charge on any atom is -0.326 e. The molecule has 0 saturated heterocycles. The SMILES string of the molecule is CC(=O)Nc1ccc(-n2cnc3c(C)cc(C(=O)N(C)c4ccc(F)c(F)c4)cc32)cc1. The van der Waals surface area contributed by atoms with Crippen LogP contribution >= 0.6 is 0 Å². The van der Waals surface area contributed by atoms with Crippen LogP contribution in [0.25, 0.3) is 16.7 Å². The van der Waals surface area contributed by atoms with E-state index in [-0.39, 0.29) is 17.5 Å². The fraction of sp³-hybridized carbons (Fsp3) is 0.125. The van der Waals surface area contributed by atoms with E-state index in [0.717, 1.165) is 34.4 Å². The van der Waals surface area contributed by atoms with Crippen LogP contribution < -0.4 is 10.2 Å². The number of hydrogen-bond donors (Lipinski definition) is 1. The topological polar surface area (TPSA) is 67.2 Å². The molecule has 8 heteroatoms. The van der Waals surface area contributed by atoms with Crippen molar-refractivity contribution < 1.29 is 18.4 Å². The van der Waals surface area contributed by atoms with Crippen molar-refractivity contribution in [1.29, 1.82) is 0 Å². The van der Waals surface area contributed by atoms with Gasteiger partial charge in [0.25, 0.3) is 5.91 Å². The summed E-state index contributed by atoms with van der Waals surface area (Å²) in [6, 6.07) is 14.0. The van der Waals surface area contributed by atoms with E-state index >= 15 is 0 Å². The highest BCUT2D eigenvalue weighted by Crippen LogP contribution is 2.26. The molecule has 0 saturated carbocycles. The zero-order valence-electron chi connectivity index (χ0n) is 17.7. The van der Waals surface area contributed by atoms with Crippen LogP contribution in [0.5, 0.6) is 0 Å². The minimum atomic E-state index is -1.02. The maximum atomic E-state index is 13.6. The number of nitrogens with one attached hydrogen (secondary N) is 1. The fourth-order valence-electron chi connectivity index (χ4n) is 3.53. The maximum absolute atomic E-state index is 13.6. The van der Waals surface area contributed by atoms with Gasteiger partial charge in [0.1, 0.15) is 6.33 Å². The number of rotatable bonds is 4. The Labute approximate surface area is 183 Å². The lowest BCUT2D eigenvalue weighted by Gasteiger charge is -2.18. The number of imidazole rings is 1. The molecule has 0 atom stereocenters. The largest absolute Gasteiger partial charge is 0.326 e.